The van der Waals surface area contributed by atoms with Gasteiger partial charge in [-0.1, -0.05) is 46.3 Å². The van der Waals surface area contributed by atoms with Gasteiger partial charge in [0.25, 0.3) is 0 Å². The van der Waals surface area contributed by atoms with Crippen molar-refractivity contribution in [3.05, 3.63) is 58.6 Å². The van der Waals surface area contributed by atoms with Gasteiger partial charge in [-0.15, -0.1) is 0 Å². The molecule has 0 radical (unpaired) electrons. The summed E-state index contributed by atoms with van der Waals surface area (Å²) in [5.74, 6) is -3.53. The minimum Gasteiger partial charge on any atom is -0.487 e. The number of benzene rings is 2. The molecule has 1 unspecified atom stereocenters. The van der Waals surface area contributed by atoms with Gasteiger partial charge in [-0.3, -0.25) is 4.79 Å². The third-order valence-corrected chi connectivity index (χ3v) is 3.89. The molecule has 0 amide bonds. The Hall–Kier alpha value is -2.67. The van der Waals surface area contributed by atoms with Crippen LogP contribution in [0.1, 0.15) is 12.5 Å². The predicted molar refractivity (Wildman–Crippen MR) is 96.4 cm³/mol. The highest BCUT2D eigenvalue weighted by atomic mass is 79.9. The summed E-state index contributed by atoms with van der Waals surface area (Å²) in [5, 5.41) is 18.3. The van der Waals surface area contributed by atoms with E-state index in [9.17, 15) is 14.7 Å². The summed E-state index contributed by atoms with van der Waals surface area (Å²) in [6.45, 7) is 1.56. The lowest BCUT2D eigenvalue weighted by Crippen LogP contribution is -2.27. The molecule has 0 fully saturated rings. The van der Waals surface area contributed by atoms with E-state index >= 15 is 0 Å². The van der Waals surface area contributed by atoms with Gasteiger partial charge in [-0.2, -0.15) is 0 Å². The van der Waals surface area contributed by atoms with Crippen molar-refractivity contribution in [3.63, 3.8) is 0 Å². The third kappa shape index (κ3) is 5.15. The van der Waals surface area contributed by atoms with Crippen LogP contribution in [0, 0.1) is 5.92 Å². The number of carboxylic acid groups (broad SMARTS) is 2. The van der Waals surface area contributed by atoms with Gasteiger partial charge in [-0.05, 0) is 30.7 Å². The number of hydrogen-bond donors (Lipinski definition) is 2. The Morgan fingerprint density at radius 3 is 2.44 bits per heavy atom. The topological polar surface area (TPSA) is 96.2 Å². The van der Waals surface area contributed by atoms with Crippen molar-refractivity contribution in [2.75, 3.05) is 0 Å². The van der Waals surface area contributed by atoms with E-state index in [1.807, 2.05) is 30.3 Å². The molecule has 0 spiro atoms. The lowest BCUT2D eigenvalue weighted by atomic mass is 10.1. The highest BCUT2D eigenvalue weighted by Crippen LogP contribution is 2.32. The first-order chi connectivity index (χ1) is 11.9. The Morgan fingerprint density at radius 2 is 1.84 bits per heavy atom. The summed E-state index contributed by atoms with van der Waals surface area (Å²) in [4.78, 5) is 26.5. The van der Waals surface area contributed by atoms with E-state index in [0.717, 1.165) is 5.56 Å². The predicted octanol–water partition coefficient (Wildman–Crippen LogP) is 3.91. The Morgan fingerprint density at radius 1 is 1.16 bits per heavy atom. The van der Waals surface area contributed by atoms with Gasteiger partial charge in [0.2, 0.25) is 0 Å². The summed E-state index contributed by atoms with van der Waals surface area (Å²) in [7, 11) is 0. The number of hydrogen-bond acceptors (Lipinski definition) is 4. The van der Waals surface area contributed by atoms with Gasteiger partial charge in [0.15, 0.2) is 0 Å². The van der Waals surface area contributed by atoms with Crippen molar-refractivity contribution < 1.29 is 24.5 Å². The van der Waals surface area contributed by atoms with Gasteiger partial charge in [0, 0.05) is 4.47 Å². The van der Waals surface area contributed by atoms with Crippen LogP contribution in [0.5, 0.6) is 5.75 Å². The summed E-state index contributed by atoms with van der Waals surface area (Å²) >= 11 is 3.30. The molecule has 0 saturated carbocycles. The molecule has 0 saturated heterocycles. The third-order valence-electron chi connectivity index (χ3n) is 3.40. The standard InChI is InChI=1S/C18H16BrNO5/c1-11(17(21)22)16(18(23)24)20-14-9-13(19)7-8-15(14)25-10-12-5-3-2-4-6-12/h2-9,11H,10H2,1H3,(H,21,22)(H,23,24). The van der Waals surface area contributed by atoms with Crippen LogP contribution in [-0.2, 0) is 16.2 Å². The number of carbonyl (C=O) groups is 2. The highest BCUT2D eigenvalue weighted by molar-refractivity contribution is 9.10. The fourth-order valence-electron chi connectivity index (χ4n) is 2.01. The summed E-state index contributed by atoms with van der Waals surface area (Å²) < 4.78 is 6.40. The number of halogens is 1. The minimum atomic E-state index is -1.39. The van der Waals surface area contributed by atoms with E-state index in [0.29, 0.717) is 10.2 Å². The van der Waals surface area contributed by atoms with Gasteiger partial charge in [0.05, 0.1) is 0 Å². The van der Waals surface area contributed by atoms with Crippen LogP contribution in [0.4, 0.5) is 5.69 Å². The number of nitrogens with zero attached hydrogens (tertiary/aromatic N) is 1. The second kappa shape index (κ2) is 8.43. The fourth-order valence-corrected chi connectivity index (χ4v) is 2.36. The molecule has 2 aromatic rings. The molecule has 2 aromatic carbocycles. The highest BCUT2D eigenvalue weighted by Gasteiger charge is 2.25. The molecule has 130 valence electrons. The Kier molecular flexibility index (Phi) is 6.30. The van der Waals surface area contributed by atoms with Crippen molar-refractivity contribution >= 4 is 39.3 Å². The zero-order valence-electron chi connectivity index (χ0n) is 13.3. The molecule has 6 nitrogen and oxygen atoms in total. The zero-order chi connectivity index (χ0) is 18.4. The largest absolute Gasteiger partial charge is 0.487 e. The number of ether oxygens (including phenoxy) is 1. The Labute approximate surface area is 152 Å². The van der Waals surface area contributed by atoms with Gasteiger partial charge >= 0.3 is 11.9 Å². The monoisotopic (exact) mass is 405 g/mol. The molecule has 0 heterocycles. The fraction of sp³-hybridized carbons (Fsp3) is 0.167. The molecule has 7 heteroatoms. The molecule has 2 rings (SSSR count). The lowest BCUT2D eigenvalue weighted by molar-refractivity contribution is -0.140. The number of carboxylic acids is 2. The van der Waals surface area contributed by atoms with Crippen molar-refractivity contribution in [1.82, 2.24) is 0 Å². The van der Waals surface area contributed by atoms with Crippen LogP contribution in [0.2, 0.25) is 0 Å². The van der Waals surface area contributed by atoms with Gasteiger partial charge in [0.1, 0.15) is 29.7 Å². The summed E-state index contributed by atoms with van der Waals surface area (Å²) in [5.41, 5.74) is 0.726. The first-order valence-corrected chi connectivity index (χ1v) is 8.18. The number of aliphatic imine (C=N–C) groups is 1. The van der Waals surface area contributed by atoms with E-state index in [2.05, 4.69) is 20.9 Å². The quantitative estimate of drug-likeness (QED) is 0.680. The molecular formula is C18H16BrNO5. The van der Waals surface area contributed by atoms with Crippen molar-refractivity contribution in [2.24, 2.45) is 10.9 Å². The maximum atomic E-state index is 11.4. The molecule has 0 bridgehead atoms. The SMILES string of the molecule is CC(C(=O)O)C(=Nc1cc(Br)ccc1OCc1ccccc1)C(=O)O. The molecule has 0 aliphatic rings. The van der Waals surface area contributed by atoms with E-state index < -0.39 is 23.6 Å². The molecule has 0 aliphatic heterocycles. The van der Waals surface area contributed by atoms with E-state index in [-0.39, 0.29) is 12.3 Å². The maximum absolute atomic E-state index is 11.4. The average molecular weight is 406 g/mol. The van der Waals surface area contributed by atoms with Gasteiger partial charge < -0.3 is 14.9 Å². The van der Waals surface area contributed by atoms with Crippen LogP contribution < -0.4 is 4.74 Å². The zero-order valence-corrected chi connectivity index (χ0v) is 14.9. The van der Waals surface area contributed by atoms with E-state index in [4.69, 9.17) is 9.84 Å². The molecule has 0 aromatic heterocycles. The van der Waals surface area contributed by atoms with Crippen molar-refractivity contribution in [3.8, 4) is 5.75 Å². The Balaban J connectivity index is 2.35. The lowest BCUT2D eigenvalue weighted by Gasteiger charge is -2.11. The van der Waals surface area contributed by atoms with Gasteiger partial charge in [-0.25, -0.2) is 9.79 Å². The first kappa shape index (κ1) is 18.7. The average Bonchev–Trinajstić information content (AvgIpc) is 2.58. The van der Waals surface area contributed by atoms with Crippen molar-refractivity contribution in [1.29, 1.82) is 0 Å². The first-order valence-electron chi connectivity index (χ1n) is 7.39. The van der Waals surface area contributed by atoms with Crippen LogP contribution in [0.15, 0.2) is 58.0 Å². The molecule has 0 aliphatic carbocycles. The summed E-state index contributed by atoms with van der Waals surface area (Å²) in [6, 6.07) is 14.4. The number of aliphatic carboxylic acids is 2. The van der Waals surface area contributed by atoms with Crippen LogP contribution in [-0.4, -0.2) is 27.9 Å². The normalized spacial score (nSPS) is 12.5. The van der Waals surface area contributed by atoms with Crippen LogP contribution >= 0.6 is 15.9 Å². The molecule has 2 N–H and O–H groups in total. The summed E-state index contributed by atoms with van der Waals surface area (Å²) in [6.07, 6.45) is 0. The second-order valence-corrected chi connectivity index (χ2v) is 6.16. The second-order valence-electron chi connectivity index (χ2n) is 5.25. The smallest absolute Gasteiger partial charge is 0.351 e. The van der Waals surface area contributed by atoms with E-state index in [1.165, 1.54) is 6.92 Å². The van der Waals surface area contributed by atoms with Crippen LogP contribution in [0.25, 0.3) is 0 Å². The maximum Gasteiger partial charge on any atom is 0.351 e. The number of rotatable bonds is 7. The molecule has 1 atom stereocenters. The van der Waals surface area contributed by atoms with E-state index in [1.54, 1.807) is 18.2 Å². The van der Waals surface area contributed by atoms with Crippen molar-refractivity contribution in [2.45, 2.75) is 13.5 Å². The molecular weight excluding hydrogens is 390 g/mol. The molecule has 25 heavy (non-hydrogen) atoms. The Bertz CT molecular complexity index is 804. The van der Waals surface area contributed by atoms with Crippen LogP contribution in [0.3, 0.4) is 0 Å². The minimum absolute atomic E-state index is 0.246.